The van der Waals surface area contributed by atoms with Gasteiger partial charge in [0, 0.05) is 45.5 Å². The molecule has 0 aromatic heterocycles. The molecule has 0 amide bonds. The molecule has 0 spiro atoms. The zero-order valence-corrected chi connectivity index (χ0v) is 16.1. The van der Waals surface area contributed by atoms with Crippen LogP contribution >= 0.6 is 24.0 Å². The predicted molar refractivity (Wildman–Crippen MR) is 97.7 cm³/mol. The molecule has 0 aromatic rings. The topological polar surface area (TPSA) is 58.1 Å². The van der Waals surface area contributed by atoms with Crippen LogP contribution < -0.4 is 10.6 Å². The third kappa shape index (κ3) is 7.12. The first-order valence-corrected chi connectivity index (χ1v) is 7.42. The second-order valence-corrected chi connectivity index (χ2v) is 5.28. The van der Waals surface area contributed by atoms with Crippen molar-refractivity contribution in [3.05, 3.63) is 0 Å². The first-order valence-electron chi connectivity index (χ1n) is 7.42. The maximum atomic E-state index is 5.48. The Hall–Kier alpha value is -0.120. The molecule has 21 heavy (non-hydrogen) atoms. The lowest BCUT2D eigenvalue weighted by molar-refractivity contribution is -0.00501. The van der Waals surface area contributed by atoms with Crippen molar-refractivity contribution in [1.29, 1.82) is 0 Å². The Morgan fingerprint density at radius 1 is 1.29 bits per heavy atom. The first-order chi connectivity index (χ1) is 9.64. The van der Waals surface area contributed by atoms with E-state index in [1.165, 1.54) is 0 Å². The third-order valence-corrected chi connectivity index (χ3v) is 3.92. The van der Waals surface area contributed by atoms with Gasteiger partial charge < -0.3 is 25.0 Å². The molecule has 126 valence electrons. The van der Waals surface area contributed by atoms with E-state index in [4.69, 9.17) is 9.47 Å². The summed E-state index contributed by atoms with van der Waals surface area (Å²) in [4.78, 5) is 6.55. The highest BCUT2D eigenvalue weighted by atomic mass is 127. The van der Waals surface area contributed by atoms with Crippen LogP contribution in [0.2, 0.25) is 0 Å². The minimum absolute atomic E-state index is 0. The smallest absolute Gasteiger partial charge is 0.191 e. The molecule has 1 heterocycles. The summed E-state index contributed by atoms with van der Waals surface area (Å²) >= 11 is 0. The molecule has 2 N–H and O–H groups in total. The van der Waals surface area contributed by atoms with Crippen LogP contribution in [0.4, 0.5) is 0 Å². The highest BCUT2D eigenvalue weighted by Gasteiger charge is 2.34. The van der Waals surface area contributed by atoms with Gasteiger partial charge in [0.25, 0.3) is 0 Å². The van der Waals surface area contributed by atoms with E-state index >= 15 is 0 Å². The number of likely N-dealkylation sites (N-methyl/N-ethyl adjacent to an activating group) is 1. The summed E-state index contributed by atoms with van der Waals surface area (Å²) in [6, 6.07) is 0. The van der Waals surface area contributed by atoms with Crippen molar-refractivity contribution in [3.63, 3.8) is 0 Å². The van der Waals surface area contributed by atoms with Gasteiger partial charge in [-0.3, -0.25) is 4.99 Å². The van der Waals surface area contributed by atoms with E-state index in [2.05, 4.69) is 34.6 Å². The average Bonchev–Trinajstić information content (AvgIpc) is 2.47. The van der Waals surface area contributed by atoms with Crippen LogP contribution in [-0.4, -0.2) is 77.1 Å². The molecule has 1 aliphatic heterocycles. The lowest BCUT2D eigenvalue weighted by Gasteiger charge is -2.43. The number of rotatable bonds is 7. The highest BCUT2D eigenvalue weighted by molar-refractivity contribution is 14.0. The lowest BCUT2D eigenvalue weighted by atomic mass is 9.88. The van der Waals surface area contributed by atoms with Gasteiger partial charge in [-0.25, -0.2) is 0 Å². The fourth-order valence-corrected chi connectivity index (χ4v) is 2.39. The number of nitrogens with zero attached hydrogens (tertiary/aromatic N) is 2. The molecule has 0 atom stereocenters. The fraction of sp³-hybridized carbons (Fsp3) is 0.929. The summed E-state index contributed by atoms with van der Waals surface area (Å²) < 4.78 is 10.8. The molecule has 0 aliphatic carbocycles. The van der Waals surface area contributed by atoms with Gasteiger partial charge in [-0.2, -0.15) is 0 Å². The monoisotopic (exact) mass is 414 g/mol. The van der Waals surface area contributed by atoms with Crippen molar-refractivity contribution in [2.24, 2.45) is 4.99 Å². The maximum absolute atomic E-state index is 5.48. The number of guanidine groups is 1. The SMILES string of the molecule is CCOCCNC(=NC)NCC1(N(C)C)CCOCC1.I. The molecule has 0 radical (unpaired) electrons. The van der Waals surface area contributed by atoms with Gasteiger partial charge in [-0.1, -0.05) is 0 Å². The minimum Gasteiger partial charge on any atom is -0.381 e. The number of aliphatic imine (C=N–C) groups is 1. The third-order valence-electron chi connectivity index (χ3n) is 3.92. The molecule has 1 aliphatic rings. The number of hydrogen-bond donors (Lipinski definition) is 2. The van der Waals surface area contributed by atoms with E-state index in [1.54, 1.807) is 7.05 Å². The van der Waals surface area contributed by atoms with E-state index in [0.717, 1.165) is 51.7 Å². The Kier molecular flexibility index (Phi) is 11.4. The number of ether oxygens (including phenoxy) is 2. The molecule has 0 unspecified atom stereocenters. The van der Waals surface area contributed by atoms with Crippen molar-refractivity contribution < 1.29 is 9.47 Å². The van der Waals surface area contributed by atoms with Crippen molar-refractivity contribution >= 4 is 29.9 Å². The molecule has 0 aromatic carbocycles. The molecule has 0 saturated carbocycles. The van der Waals surface area contributed by atoms with Gasteiger partial charge in [-0.05, 0) is 33.9 Å². The standard InChI is InChI=1S/C14H30N4O2.HI/c1-5-19-11-8-16-13(15-2)17-12-14(18(3)4)6-9-20-10-7-14;/h5-12H2,1-4H3,(H2,15,16,17);1H. The molecule has 1 rings (SSSR count). The van der Waals surface area contributed by atoms with Crippen molar-refractivity contribution in [2.75, 3.05) is 60.7 Å². The summed E-state index contributed by atoms with van der Waals surface area (Å²) in [5.74, 6) is 0.831. The van der Waals surface area contributed by atoms with E-state index < -0.39 is 0 Å². The second kappa shape index (κ2) is 11.4. The van der Waals surface area contributed by atoms with E-state index in [1.807, 2.05) is 6.92 Å². The molecular formula is C14H31IN4O2. The number of nitrogens with one attached hydrogen (secondary N) is 2. The molecule has 1 saturated heterocycles. The van der Waals surface area contributed by atoms with Gasteiger partial charge in [0.2, 0.25) is 0 Å². The highest BCUT2D eigenvalue weighted by Crippen LogP contribution is 2.24. The average molecular weight is 414 g/mol. The molecule has 7 heteroatoms. The van der Waals surface area contributed by atoms with Crippen LogP contribution in [0.15, 0.2) is 4.99 Å². The Bertz CT molecular complexity index is 295. The number of halogens is 1. The van der Waals surface area contributed by atoms with Crippen LogP contribution in [0.25, 0.3) is 0 Å². The zero-order chi connectivity index (χ0) is 14.8. The van der Waals surface area contributed by atoms with E-state index in [-0.39, 0.29) is 29.5 Å². The van der Waals surface area contributed by atoms with Crippen LogP contribution in [0.3, 0.4) is 0 Å². The van der Waals surface area contributed by atoms with Crippen molar-refractivity contribution in [1.82, 2.24) is 15.5 Å². The lowest BCUT2D eigenvalue weighted by Crippen LogP contribution is -2.57. The summed E-state index contributed by atoms with van der Waals surface area (Å²) in [7, 11) is 6.07. The van der Waals surface area contributed by atoms with Gasteiger partial charge in [0.05, 0.1) is 6.61 Å². The predicted octanol–water partition coefficient (Wildman–Crippen LogP) is 0.917. The first kappa shape index (κ1) is 20.9. The van der Waals surface area contributed by atoms with Gasteiger partial charge in [0.15, 0.2) is 5.96 Å². The van der Waals surface area contributed by atoms with Crippen molar-refractivity contribution in [2.45, 2.75) is 25.3 Å². The minimum atomic E-state index is 0. The van der Waals surface area contributed by atoms with Crippen molar-refractivity contribution in [3.8, 4) is 0 Å². The summed E-state index contributed by atoms with van der Waals surface area (Å²) in [6.45, 7) is 6.75. The van der Waals surface area contributed by atoms with Crippen LogP contribution in [0.5, 0.6) is 0 Å². The number of hydrogen-bond acceptors (Lipinski definition) is 4. The Balaban J connectivity index is 0.00000400. The summed E-state index contributed by atoms with van der Waals surface area (Å²) in [6.07, 6.45) is 2.09. The zero-order valence-electron chi connectivity index (χ0n) is 13.8. The Morgan fingerprint density at radius 3 is 2.48 bits per heavy atom. The molecule has 1 fully saturated rings. The van der Waals surface area contributed by atoms with Crippen LogP contribution in [-0.2, 0) is 9.47 Å². The molecular weight excluding hydrogens is 383 g/mol. The Labute approximate surface area is 146 Å². The second-order valence-electron chi connectivity index (χ2n) is 5.28. The van der Waals surface area contributed by atoms with Gasteiger partial charge >= 0.3 is 0 Å². The van der Waals surface area contributed by atoms with E-state index in [0.29, 0.717) is 6.61 Å². The van der Waals surface area contributed by atoms with E-state index in [9.17, 15) is 0 Å². The largest absolute Gasteiger partial charge is 0.381 e. The van der Waals surface area contributed by atoms with Crippen LogP contribution in [0, 0.1) is 0 Å². The fourth-order valence-electron chi connectivity index (χ4n) is 2.39. The summed E-state index contributed by atoms with van der Waals surface area (Å²) in [5.41, 5.74) is 0.149. The molecule has 0 bridgehead atoms. The quantitative estimate of drug-likeness (QED) is 0.281. The summed E-state index contributed by atoms with van der Waals surface area (Å²) in [5, 5.41) is 6.69. The van der Waals surface area contributed by atoms with Gasteiger partial charge in [0.1, 0.15) is 0 Å². The Morgan fingerprint density at radius 2 is 1.95 bits per heavy atom. The maximum Gasteiger partial charge on any atom is 0.191 e. The molecule has 6 nitrogen and oxygen atoms in total. The normalized spacial score (nSPS) is 18.2. The van der Waals surface area contributed by atoms with Crippen LogP contribution in [0.1, 0.15) is 19.8 Å². The van der Waals surface area contributed by atoms with Gasteiger partial charge in [-0.15, -0.1) is 24.0 Å².